The van der Waals surface area contributed by atoms with Crippen LogP contribution in [-0.2, 0) is 20.0 Å². The molecule has 0 saturated heterocycles. The molecule has 1 aliphatic heterocycles. The van der Waals surface area contributed by atoms with Crippen LogP contribution in [0.3, 0.4) is 0 Å². The van der Waals surface area contributed by atoms with Crippen LogP contribution in [0.15, 0.2) is 45.2 Å². The monoisotopic (exact) mass is 353 g/mol. The van der Waals surface area contributed by atoms with Crippen LogP contribution in [-0.4, -0.2) is 32.9 Å². The van der Waals surface area contributed by atoms with Crippen LogP contribution in [0.1, 0.15) is 11.3 Å². The van der Waals surface area contributed by atoms with Crippen LogP contribution in [0, 0.1) is 6.92 Å². The molecule has 0 unspecified atom stereocenters. The smallest absolute Gasteiger partial charge is 0.261 e. The van der Waals surface area contributed by atoms with Crippen molar-refractivity contribution in [1.82, 2.24) is 14.9 Å². The van der Waals surface area contributed by atoms with E-state index in [-0.39, 0.29) is 27.0 Å². The molecule has 0 amide bonds. The van der Waals surface area contributed by atoms with Gasteiger partial charge in [0, 0.05) is 6.20 Å². The maximum Gasteiger partial charge on any atom is 0.265 e. The lowest BCUT2D eigenvalue weighted by molar-refractivity contribution is 0.591. The zero-order valence-electron chi connectivity index (χ0n) is 11.8. The van der Waals surface area contributed by atoms with Gasteiger partial charge in [0.05, 0.1) is 10.6 Å². The second-order valence-electron chi connectivity index (χ2n) is 4.81. The second kappa shape index (κ2) is 5.08. The molecule has 1 aromatic heterocycles. The Labute approximate surface area is 132 Å². The molecule has 0 bridgehead atoms. The first-order chi connectivity index (χ1) is 10.7. The maximum atomic E-state index is 12.4. The van der Waals surface area contributed by atoms with Gasteiger partial charge in [-0.1, -0.05) is 0 Å². The molecule has 0 fully saturated rings. The summed E-state index contributed by atoms with van der Waals surface area (Å²) in [6, 6.07) is 5.48. The third-order valence-electron chi connectivity index (χ3n) is 3.13. The molecule has 0 saturated carbocycles. The van der Waals surface area contributed by atoms with Gasteiger partial charge >= 0.3 is 0 Å². The number of sulfonamides is 2. The minimum atomic E-state index is -4.05. The minimum absolute atomic E-state index is 0.00774. The summed E-state index contributed by atoms with van der Waals surface area (Å²) in [5.41, 5.74) is 0.648. The first kappa shape index (κ1) is 15.5. The van der Waals surface area contributed by atoms with Gasteiger partial charge in [-0.3, -0.25) is 4.72 Å². The van der Waals surface area contributed by atoms with E-state index in [9.17, 15) is 16.8 Å². The highest BCUT2D eigenvalue weighted by molar-refractivity contribution is 7.90. The fourth-order valence-corrected chi connectivity index (χ4v) is 4.16. The van der Waals surface area contributed by atoms with E-state index >= 15 is 0 Å². The Morgan fingerprint density at radius 3 is 2.61 bits per heavy atom. The zero-order chi connectivity index (χ0) is 16.8. The Balaban J connectivity index is 2.26. The number of benzene rings is 1. The van der Waals surface area contributed by atoms with Crippen molar-refractivity contribution in [1.29, 1.82) is 0 Å². The first-order valence-corrected chi connectivity index (χ1v) is 9.28. The van der Waals surface area contributed by atoms with Crippen molar-refractivity contribution >= 4 is 31.6 Å². The summed E-state index contributed by atoms with van der Waals surface area (Å²) in [5.74, 6) is 0.00774. The predicted octanol–water partition coefficient (Wildman–Crippen LogP) is -0.197. The molecular weight excluding hydrogens is 342 g/mol. The Kier molecular flexibility index (Phi) is 3.43. The van der Waals surface area contributed by atoms with Gasteiger partial charge in [-0.2, -0.15) is 5.10 Å². The standard InChI is InChI=1S/C12H11N5O4S2/c1-7-5-9-11(6-10(7)22(13,18)19)23(20,21)17-12(15-9)8-3-2-4-14-16-8/h2-6H,1H3,(H,15,17)(H2,13,18,19). The summed E-state index contributed by atoms with van der Waals surface area (Å²) in [7, 11) is -8.05. The van der Waals surface area contributed by atoms with Crippen LogP contribution in [0.5, 0.6) is 0 Å². The van der Waals surface area contributed by atoms with Gasteiger partial charge in [-0.15, -0.1) is 5.10 Å². The molecule has 2 heterocycles. The van der Waals surface area contributed by atoms with Gasteiger partial charge in [-0.05, 0) is 36.8 Å². The summed E-state index contributed by atoms with van der Waals surface area (Å²) in [6.07, 6.45) is 1.44. The van der Waals surface area contributed by atoms with Crippen LogP contribution >= 0.6 is 0 Å². The number of nitrogens with zero attached hydrogens (tertiary/aromatic N) is 3. The van der Waals surface area contributed by atoms with E-state index in [1.54, 1.807) is 12.1 Å². The van der Waals surface area contributed by atoms with Crippen molar-refractivity contribution in [2.24, 2.45) is 10.1 Å². The summed E-state index contributed by atoms with van der Waals surface area (Å²) in [4.78, 5) is 3.66. The Morgan fingerprint density at radius 1 is 1.26 bits per heavy atom. The lowest BCUT2D eigenvalue weighted by Gasteiger charge is -2.18. The number of nitrogens with two attached hydrogens (primary N) is 1. The van der Waals surface area contributed by atoms with Gasteiger partial charge in [0.1, 0.15) is 10.6 Å². The Bertz CT molecular complexity index is 1030. The molecule has 3 N–H and O–H groups in total. The Hall–Kier alpha value is -2.37. The van der Waals surface area contributed by atoms with Crippen molar-refractivity contribution in [2.45, 2.75) is 16.7 Å². The molecule has 3 rings (SSSR count). The highest BCUT2D eigenvalue weighted by Gasteiger charge is 2.29. The van der Waals surface area contributed by atoms with Crippen molar-refractivity contribution in [3.8, 4) is 0 Å². The van der Waals surface area contributed by atoms with E-state index in [0.717, 1.165) is 6.07 Å². The van der Waals surface area contributed by atoms with E-state index in [2.05, 4.69) is 19.9 Å². The quantitative estimate of drug-likeness (QED) is 0.765. The molecule has 11 heteroatoms. The molecule has 0 spiro atoms. The van der Waals surface area contributed by atoms with E-state index in [1.165, 1.54) is 19.2 Å². The number of hydrogen-bond donors (Lipinski definition) is 2. The summed E-state index contributed by atoms with van der Waals surface area (Å²) in [6.45, 7) is 1.51. The number of aliphatic imine (C=N–C) groups is 1. The average Bonchev–Trinajstić information content (AvgIpc) is 2.45. The number of fused-ring (bicyclic) bond motifs is 1. The van der Waals surface area contributed by atoms with Crippen LogP contribution in [0.2, 0.25) is 0 Å². The number of primary sulfonamides is 1. The summed E-state index contributed by atoms with van der Waals surface area (Å²) >= 11 is 0. The van der Waals surface area contributed by atoms with E-state index in [0.29, 0.717) is 5.56 Å². The van der Waals surface area contributed by atoms with Crippen molar-refractivity contribution in [3.63, 3.8) is 0 Å². The highest BCUT2D eigenvalue weighted by Crippen LogP contribution is 2.32. The molecule has 23 heavy (non-hydrogen) atoms. The molecule has 9 nitrogen and oxygen atoms in total. The number of aryl methyl sites for hydroxylation is 1. The fraction of sp³-hybridized carbons (Fsp3) is 0.0833. The maximum absolute atomic E-state index is 12.4. The van der Waals surface area contributed by atoms with Crippen LogP contribution in [0.25, 0.3) is 0 Å². The average molecular weight is 353 g/mol. The van der Waals surface area contributed by atoms with E-state index in [4.69, 9.17) is 5.14 Å². The molecular formula is C12H11N5O4S2. The van der Waals surface area contributed by atoms with Gasteiger partial charge < -0.3 is 0 Å². The van der Waals surface area contributed by atoms with Gasteiger partial charge in [0.25, 0.3) is 10.0 Å². The summed E-state index contributed by atoms with van der Waals surface area (Å²) < 4.78 is 50.1. The minimum Gasteiger partial charge on any atom is -0.261 e. The number of rotatable bonds is 2. The largest absolute Gasteiger partial charge is 0.265 e. The van der Waals surface area contributed by atoms with Gasteiger partial charge in [-0.25, -0.2) is 27.0 Å². The molecule has 0 atom stereocenters. The van der Waals surface area contributed by atoms with E-state index < -0.39 is 20.0 Å². The SMILES string of the molecule is Cc1cc2c(cc1S(N)(=O)=O)S(=O)(=O)NC(c1cccnn1)=N2. The van der Waals surface area contributed by atoms with Gasteiger partial charge in [0.15, 0.2) is 5.84 Å². The number of amidine groups is 1. The number of nitrogens with one attached hydrogen (secondary N) is 1. The van der Waals surface area contributed by atoms with Crippen molar-refractivity contribution in [3.05, 3.63) is 41.7 Å². The Morgan fingerprint density at radius 2 is 2.00 bits per heavy atom. The lowest BCUT2D eigenvalue weighted by atomic mass is 10.2. The second-order valence-corrected chi connectivity index (χ2v) is 7.99. The molecule has 2 aromatic rings. The molecule has 120 valence electrons. The highest BCUT2D eigenvalue weighted by atomic mass is 32.2. The third kappa shape index (κ3) is 2.81. The summed E-state index contributed by atoms with van der Waals surface area (Å²) in [5, 5.41) is 12.6. The van der Waals surface area contributed by atoms with E-state index in [1.807, 2.05) is 0 Å². The fourth-order valence-electron chi connectivity index (χ4n) is 2.13. The third-order valence-corrected chi connectivity index (χ3v) is 5.55. The molecule has 0 aliphatic carbocycles. The van der Waals surface area contributed by atoms with Crippen molar-refractivity contribution in [2.75, 3.05) is 0 Å². The van der Waals surface area contributed by atoms with Gasteiger partial charge in [0.2, 0.25) is 10.0 Å². The number of hydrogen-bond acceptors (Lipinski definition) is 7. The lowest BCUT2D eigenvalue weighted by Crippen LogP contribution is -2.35. The predicted molar refractivity (Wildman–Crippen MR) is 81.1 cm³/mol. The molecule has 1 aromatic carbocycles. The van der Waals surface area contributed by atoms with Crippen molar-refractivity contribution < 1.29 is 16.8 Å². The normalized spacial score (nSPS) is 16.2. The number of aromatic nitrogens is 2. The first-order valence-electron chi connectivity index (χ1n) is 6.25. The van der Waals surface area contributed by atoms with Crippen LogP contribution in [0.4, 0.5) is 5.69 Å². The van der Waals surface area contributed by atoms with Crippen LogP contribution < -0.4 is 9.86 Å². The zero-order valence-corrected chi connectivity index (χ0v) is 13.4. The molecule has 0 radical (unpaired) electrons. The topological polar surface area (TPSA) is 144 Å². The molecule has 1 aliphatic rings.